The minimum absolute atomic E-state index is 0.0504. The number of piperidine rings is 1. The molecule has 2 heterocycles. The van der Waals surface area contributed by atoms with E-state index in [1.807, 2.05) is 6.07 Å². The van der Waals surface area contributed by atoms with Gasteiger partial charge >= 0.3 is 5.97 Å². The van der Waals surface area contributed by atoms with E-state index in [9.17, 15) is 9.90 Å². The third-order valence-corrected chi connectivity index (χ3v) is 6.90. The maximum atomic E-state index is 11.7. The van der Waals surface area contributed by atoms with E-state index < -0.39 is 0 Å². The second kappa shape index (κ2) is 10.7. The van der Waals surface area contributed by atoms with Gasteiger partial charge in [0, 0.05) is 18.0 Å². The Labute approximate surface area is 195 Å². The smallest absolute Gasteiger partial charge is 0.308 e. The van der Waals surface area contributed by atoms with Crippen molar-refractivity contribution in [2.75, 3.05) is 32.5 Å². The Morgan fingerprint density at radius 3 is 2.58 bits per heavy atom. The summed E-state index contributed by atoms with van der Waals surface area (Å²) in [5.41, 5.74) is 7.83. The number of anilines is 1. The number of nitrogens with two attached hydrogens (primary N) is 1. The highest BCUT2D eigenvalue weighted by Crippen LogP contribution is 2.31. The van der Waals surface area contributed by atoms with Gasteiger partial charge in [-0.05, 0) is 75.7 Å². The summed E-state index contributed by atoms with van der Waals surface area (Å²) in [5.74, 6) is 8.09. The number of hydrogen-bond acceptors (Lipinski definition) is 7. The van der Waals surface area contributed by atoms with Gasteiger partial charge in [0.2, 0.25) is 0 Å². The van der Waals surface area contributed by atoms with Gasteiger partial charge in [0.05, 0.1) is 24.3 Å². The van der Waals surface area contributed by atoms with Crippen molar-refractivity contribution in [3.8, 4) is 28.8 Å². The summed E-state index contributed by atoms with van der Waals surface area (Å²) < 4.78 is 4.89. The number of carbonyl (C=O) groups excluding carboxylic acids is 1. The molecule has 0 unspecified atom stereocenters. The molecule has 1 aliphatic carbocycles. The van der Waals surface area contributed by atoms with Crippen LogP contribution in [0.4, 0.5) is 5.82 Å². The van der Waals surface area contributed by atoms with Gasteiger partial charge in [0.25, 0.3) is 0 Å². The Morgan fingerprint density at radius 2 is 1.88 bits per heavy atom. The lowest BCUT2D eigenvalue weighted by molar-refractivity contribution is -0.146. The lowest BCUT2D eigenvalue weighted by atomic mass is 9.81. The molecule has 1 aliphatic heterocycles. The number of esters is 1. The number of aromatic nitrogens is 2. The van der Waals surface area contributed by atoms with E-state index >= 15 is 0 Å². The summed E-state index contributed by atoms with van der Waals surface area (Å²) in [7, 11) is 1.48. The normalized spacial score (nSPS) is 21.7. The number of hydrogen-bond donors (Lipinski definition) is 2. The first kappa shape index (κ1) is 23.1. The molecule has 7 nitrogen and oxygen atoms in total. The van der Waals surface area contributed by atoms with Crippen molar-refractivity contribution >= 4 is 11.8 Å². The van der Waals surface area contributed by atoms with Crippen molar-refractivity contribution in [3.63, 3.8) is 0 Å². The predicted molar refractivity (Wildman–Crippen MR) is 127 cm³/mol. The minimum Gasteiger partial charge on any atom is -0.507 e. The van der Waals surface area contributed by atoms with Gasteiger partial charge in [-0.15, -0.1) is 10.2 Å². The van der Waals surface area contributed by atoms with Gasteiger partial charge in [-0.25, -0.2) is 0 Å². The molecule has 174 valence electrons. The number of phenolic OH excluding ortho intramolecular Hbond substituents is 1. The van der Waals surface area contributed by atoms with Crippen LogP contribution >= 0.6 is 0 Å². The average Bonchev–Trinajstić information content (AvgIpc) is 2.85. The number of methoxy groups -OCH3 is 1. The predicted octanol–water partition coefficient (Wildman–Crippen LogP) is 3.47. The molecule has 1 aromatic carbocycles. The zero-order chi connectivity index (χ0) is 23.2. The molecule has 0 bridgehead atoms. The second-order valence-corrected chi connectivity index (χ2v) is 9.13. The maximum absolute atomic E-state index is 11.7. The van der Waals surface area contributed by atoms with E-state index in [1.165, 1.54) is 7.11 Å². The monoisotopic (exact) mass is 448 g/mol. The van der Waals surface area contributed by atoms with Crippen molar-refractivity contribution < 1.29 is 14.6 Å². The fourth-order valence-corrected chi connectivity index (χ4v) is 4.88. The SMILES string of the molecule is COC(=O)C1CCC(CN2CCC(C#Cc3cc(-c4ccccc4O)nnc3N)CC2)CC1. The number of phenols is 1. The van der Waals surface area contributed by atoms with Gasteiger partial charge in [-0.1, -0.05) is 24.0 Å². The van der Waals surface area contributed by atoms with E-state index in [2.05, 4.69) is 26.9 Å². The highest BCUT2D eigenvalue weighted by Gasteiger charge is 2.28. The van der Waals surface area contributed by atoms with Crippen LogP contribution in [0.3, 0.4) is 0 Å². The Morgan fingerprint density at radius 1 is 1.15 bits per heavy atom. The topological polar surface area (TPSA) is 102 Å². The molecule has 0 radical (unpaired) electrons. The van der Waals surface area contributed by atoms with Crippen LogP contribution in [0.2, 0.25) is 0 Å². The molecule has 7 heteroatoms. The maximum Gasteiger partial charge on any atom is 0.308 e. The third kappa shape index (κ3) is 5.82. The zero-order valence-corrected chi connectivity index (χ0v) is 19.2. The summed E-state index contributed by atoms with van der Waals surface area (Å²) in [5, 5.41) is 18.2. The Kier molecular flexibility index (Phi) is 7.46. The van der Waals surface area contributed by atoms with Gasteiger partial charge < -0.3 is 20.5 Å². The second-order valence-electron chi connectivity index (χ2n) is 9.13. The van der Waals surface area contributed by atoms with Gasteiger partial charge in [0.1, 0.15) is 5.75 Å². The number of nitrogens with zero attached hydrogens (tertiary/aromatic N) is 3. The summed E-state index contributed by atoms with van der Waals surface area (Å²) in [6.07, 6.45) is 6.18. The fraction of sp³-hybridized carbons (Fsp3) is 0.500. The highest BCUT2D eigenvalue weighted by atomic mass is 16.5. The standard InChI is InChI=1S/C26H32N4O3/c1-33-26(32)20-9-7-19(8-10-20)17-30-14-12-18(13-15-30)6-11-21-16-23(28-29-25(21)27)22-4-2-3-5-24(22)31/h2-5,16,18-20,31H,7-10,12-15,17H2,1H3,(H2,27,29). The van der Waals surface area contributed by atoms with E-state index in [0.717, 1.165) is 58.2 Å². The molecule has 3 N–H and O–H groups in total. The first-order chi connectivity index (χ1) is 16.0. The van der Waals surface area contributed by atoms with Crippen molar-refractivity contribution in [2.45, 2.75) is 38.5 Å². The van der Waals surface area contributed by atoms with E-state index in [-0.39, 0.29) is 17.6 Å². The van der Waals surface area contributed by atoms with E-state index in [4.69, 9.17) is 10.5 Å². The van der Waals surface area contributed by atoms with Crippen LogP contribution in [0.15, 0.2) is 30.3 Å². The average molecular weight is 449 g/mol. The largest absolute Gasteiger partial charge is 0.507 e. The minimum atomic E-state index is -0.0504. The zero-order valence-electron chi connectivity index (χ0n) is 19.2. The molecule has 2 aliphatic rings. The van der Waals surface area contributed by atoms with Crippen LogP contribution < -0.4 is 5.73 Å². The molecule has 2 aromatic rings. The summed E-state index contributed by atoms with van der Waals surface area (Å²) in [6, 6.07) is 8.83. The van der Waals surface area contributed by atoms with Crippen molar-refractivity contribution in [1.82, 2.24) is 15.1 Å². The number of rotatable bonds is 4. The highest BCUT2D eigenvalue weighted by molar-refractivity contribution is 5.72. The Hall–Kier alpha value is -3.11. The van der Waals surface area contributed by atoms with Gasteiger partial charge in [0.15, 0.2) is 5.82 Å². The Bertz CT molecular complexity index is 1030. The van der Waals surface area contributed by atoms with Crippen molar-refractivity contribution in [3.05, 3.63) is 35.9 Å². The lowest BCUT2D eigenvalue weighted by Crippen LogP contribution is -2.38. The molecule has 4 rings (SSSR count). The first-order valence-electron chi connectivity index (χ1n) is 11.8. The van der Waals surface area contributed by atoms with Crippen molar-refractivity contribution in [2.24, 2.45) is 17.8 Å². The van der Waals surface area contributed by atoms with Crippen LogP contribution in [0.5, 0.6) is 5.75 Å². The fourth-order valence-electron chi connectivity index (χ4n) is 4.88. The van der Waals surface area contributed by atoms with Crippen LogP contribution in [-0.2, 0) is 9.53 Å². The van der Waals surface area contributed by atoms with Gasteiger partial charge in [-0.3, -0.25) is 4.79 Å². The van der Waals surface area contributed by atoms with Gasteiger partial charge in [-0.2, -0.15) is 0 Å². The number of carbonyl (C=O) groups is 1. The summed E-state index contributed by atoms with van der Waals surface area (Å²) in [6.45, 7) is 3.20. The number of ether oxygens (including phenoxy) is 1. The number of benzene rings is 1. The van der Waals surface area contributed by atoms with Crippen molar-refractivity contribution in [1.29, 1.82) is 0 Å². The lowest BCUT2D eigenvalue weighted by Gasteiger charge is -2.35. The summed E-state index contributed by atoms with van der Waals surface area (Å²) in [4.78, 5) is 14.3. The number of aromatic hydroxyl groups is 1. The molecule has 33 heavy (non-hydrogen) atoms. The van der Waals surface area contributed by atoms with E-state index in [1.54, 1.807) is 24.3 Å². The Balaban J connectivity index is 1.30. The van der Waals surface area contributed by atoms with Crippen LogP contribution in [0, 0.1) is 29.6 Å². The third-order valence-electron chi connectivity index (χ3n) is 6.90. The molecule has 1 aromatic heterocycles. The molecule has 1 saturated carbocycles. The van der Waals surface area contributed by atoms with Crippen LogP contribution in [-0.4, -0.2) is 52.9 Å². The number of likely N-dealkylation sites (tertiary alicyclic amines) is 1. The summed E-state index contributed by atoms with van der Waals surface area (Å²) >= 11 is 0. The molecule has 2 fully saturated rings. The molecule has 0 atom stereocenters. The molecular weight excluding hydrogens is 416 g/mol. The van der Waals surface area contributed by atoms with Crippen LogP contribution in [0.25, 0.3) is 11.3 Å². The number of nitrogen functional groups attached to an aromatic ring is 1. The first-order valence-corrected chi connectivity index (χ1v) is 11.8. The number of para-hydroxylation sites is 1. The molecular formula is C26H32N4O3. The quantitative estimate of drug-likeness (QED) is 0.545. The van der Waals surface area contributed by atoms with E-state index in [0.29, 0.717) is 34.5 Å². The van der Waals surface area contributed by atoms with Crippen LogP contribution in [0.1, 0.15) is 44.1 Å². The molecule has 0 spiro atoms. The molecule has 0 amide bonds. The molecule has 1 saturated heterocycles.